The van der Waals surface area contributed by atoms with Crippen molar-refractivity contribution in [2.45, 2.75) is 13.3 Å². The number of rotatable bonds is 3. The molecule has 0 spiro atoms. The highest BCUT2D eigenvalue weighted by Gasteiger charge is 2.10. The molecule has 1 nitrogen and oxygen atoms in total. The quantitative estimate of drug-likeness (QED) is 0.612. The van der Waals surface area contributed by atoms with Crippen molar-refractivity contribution < 1.29 is 4.42 Å². The monoisotopic (exact) mass is 248 g/mol. The first kappa shape index (κ1) is 11.8. The minimum Gasteiger partial charge on any atom is -0.460 e. The molecule has 0 atom stereocenters. The number of hydrogen-bond acceptors (Lipinski definition) is 1. The predicted octanol–water partition coefficient (Wildman–Crippen LogP) is 5.31. The average Bonchev–Trinajstić information content (AvgIpc) is 2.84. The van der Waals surface area contributed by atoms with E-state index in [2.05, 4.69) is 43.8 Å². The molecule has 0 aliphatic rings. The Kier molecular flexibility index (Phi) is 2.96. The van der Waals surface area contributed by atoms with Gasteiger partial charge in [0.2, 0.25) is 0 Å². The van der Waals surface area contributed by atoms with Gasteiger partial charge in [-0.25, -0.2) is 0 Å². The van der Waals surface area contributed by atoms with Crippen molar-refractivity contribution in [3.8, 4) is 11.1 Å². The Bertz CT molecular complexity index is 720. The summed E-state index contributed by atoms with van der Waals surface area (Å²) in [6, 6.07) is 16.7. The van der Waals surface area contributed by atoms with E-state index in [0.29, 0.717) is 0 Å². The molecule has 1 heterocycles. The average molecular weight is 248 g/mol. The normalized spacial score (nSPS) is 10.8. The second-order valence-electron chi connectivity index (χ2n) is 4.57. The molecule has 0 fully saturated rings. The van der Waals surface area contributed by atoms with Crippen LogP contribution in [0.4, 0.5) is 0 Å². The maximum Gasteiger partial charge on any atom is 0.135 e. The predicted molar refractivity (Wildman–Crippen MR) is 81.1 cm³/mol. The van der Waals surface area contributed by atoms with Gasteiger partial charge in [-0.1, -0.05) is 56.0 Å². The largest absolute Gasteiger partial charge is 0.460 e. The third-order valence-corrected chi connectivity index (χ3v) is 3.44. The standard InChI is InChI=1S/C18H16O/c1-3-15-16-11-10-14(13-8-6-5-7-9-13)12-18(16)19-17(15)4-2/h3,5-12H,1,4H2,2H3. The molecule has 19 heavy (non-hydrogen) atoms. The van der Waals surface area contributed by atoms with Crippen molar-refractivity contribution >= 4 is 17.0 Å². The van der Waals surface area contributed by atoms with Gasteiger partial charge in [0.05, 0.1) is 0 Å². The number of furan rings is 1. The van der Waals surface area contributed by atoms with E-state index in [1.807, 2.05) is 24.3 Å². The van der Waals surface area contributed by atoms with Crippen LogP contribution in [-0.2, 0) is 6.42 Å². The van der Waals surface area contributed by atoms with Gasteiger partial charge in [0.15, 0.2) is 0 Å². The molecule has 0 aliphatic carbocycles. The molecular formula is C18H16O. The zero-order chi connectivity index (χ0) is 13.2. The zero-order valence-electron chi connectivity index (χ0n) is 11.0. The highest BCUT2D eigenvalue weighted by molar-refractivity contribution is 5.91. The van der Waals surface area contributed by atoms with Gasteiger partial charge in [-0.05, 0) is 23.3 Å². The smallest absolute Gasteiger partial charge is 0.135 e. The van der Waals surface area contributed by atoms with Crippen LogP contribution < -0.4 is 0 Å². The Morgan fingerprint density at radius 3 is 2.53 bits per heavy atom. The Morgan fingerprint density at radius 1 is 1.05 bits per heavy atom. The van der Waals surface area contributed by atoms with E-state index in [4.69, 9.17) is 4.42 Å². The van der Waals surface area contributed by atoms with E-state index in [1.54, 1.807) is 0 Å². The fraction of sp³-hybridized carbons (Fsp3) is 0.111. The first-order valence-electron chi connectivity index (χ1n) is 6.56. The van der Waals surface area contributed by atoms with Crippen LogP contribution in [0.1, 0.15) is 18.2 Å². The summed E-state index contributed by atoms with van der Waals surface area (Å²) < 4.78 is 5.93. The van der Waals surface area contributed by atoms with Gasteiger partial charge in [0.25, 0.3) is 0 Å². The van der Waals surface area contributed by atoms with Crippen molar-refractivity contribution in [3.05, 3.63) is 66.4 Å². The van der Waals surface area contributed by atoms with Crippen LogP contribution in [0.25, 0.3) is 28.2 Å². The lowest BCUT2D eigenvalue weighted by Crippen LogP contribution is -1.78. The lowest BCUT2D eigenvalue weighted by Gasteiger charge is -2.00. The van der Waals surface area contributed by atoms with Crippen LogP contribution in [0, 0.1) is 0 Å². The molecule has 0 aliphatic heterocycles. The lowest BCUT2D eigenvalue weighted by atomic mass is 10.0. The molecule has 3 aromatic rings. The number of hydrogen-bond donors (Lipinski definition) is 0. The summed E-state index contributed by atoms with van der Waals surface area (Å²) in [6.07, 6.45) is 2.77. The number of benzene rings is 2. The molecule has 2 aromatic carbocycles. The third kappa shape index (κ3) is 1.97. The molecule has 0 saturated heterocycles. The van der Waals surface area contributed by atoms with Gasteiger partial charge in [-0.2, -0.15) is 0 Å². The maximum absolute atomic E-state index is 5.93. The van der Waals surface area contributed by atoms with Crippen molar-refractivity contribution in [1.29, 1.82) is 0 Å². The molecular weight excluding hydrogens is 232 g/mol. The van der Waals surface area contributed by atoms with Gasteiger partial charge in [0, 0.05) is 17.4 Å². The van der Waals surface area contributed by atoms with Crippen LogP contribution in [-0.4, -0.2) is 0 Å². The van der Waals surface area contributed by atoms with Gasteiger partial charge >= 0.3 is 0 Å². The molecule has 0 radical (unpaired) electrons. The Balaban J connectivity index is 2.19. The summed E-state index contributed by atoms with van der Waals surface area (Å²) >= 11 is 0. The summed E-state index contributed by atoms with van der Waals surface area (Å²) in [4.78, 5) is 0. The van der Waals surface area contributed by atoms with E-state index in [-0.39, 0.29) is 0 Å². The Labute approximate surface area is 113 Å². The second kappa shape index (κ2) is 4.77. The van der Waals surface area contributed by atoms with Crippen LogP contribution in [0.3, 0.4) is 0 Å². The Hall–Kier alpha value is -2.28. The van der Waals surface area contributed by atoms with Crippen LogP contribution in [0.2, 0.25) is 0 Å². The van der Waals surface area contributed by atoms with Gasteiger partial charge in [0.1, 0.15) is 11.3 Å². The minimum absolute atomic E-state index is 0.886. The van der Waals surface area contributed by atoms with Gasteiger partial charge in [-0.3, -0.25) is 0 Å². The first-order valence-corrected chi connectivity index (χ1v) is 6.56. The fourth-order valence-electron chi connectivity index (χ4n) is 2.46. The third-order valence-electron chi connectivity index (χ3n) is 3.44. The van der Waals surface area contributed by atoms with Crippen molar-refractivity contribution in [3.63, 3.8) is 0 Å². The minimum atomic E-state index is 0.886. The number of fused-ring (bicyclic) bond motifs is 1. The molecule has 94 valence electrons. The van der Waals surface area contributed by atoms with E-state index in [0.717, 1.165) is 28.7 Å². The van der Waals surface area contributed by atoms with E-state index in [1.165, 1.54) is 11.1 Å². The highest BCUT2D eigenvalue weighted by atomic mass is 16.3. The summed E-state index contributed by atoms with van der Waals surface area (Å²) in [5, 5.41) is 1.14. The summed E-state index contributed by atoms with van der Waals surface area (Å²) in [6.45, 7) is 5.98. The molecule has 0 amide bonds. The maximum atomic E-state index is 5.93. The summed E-state index contributed by atoms with van der Waals surface area (Å²) in [7, 11) is 0. The molecule has 3 rings (SSSR count). The number of aryl methyl sites for hydroxylation is 1. The molecule has 0 N–H and O–H groups in total. The first-order chi connectivity index (χ1) is 9.33. The molecule has 0 saturated carbocycles. The molecule has 0 unspecified atom stereocenters. The van der Waals surface area contributed by atoms with Crippen molar-refractivity contribution in [2.24, 2.45) is 0 Å². The molecule has 1 heteroatoms. The zero-order valence-corrected chi connectivity index (χ0v) is 11.0. The summed E-state index contributed by atoms with van der Waals surface area (Å²) in [5.74, 6) is 1.01. The van der Waals surface area contributed by atoms with Gasteiger partial charge in [-0.15, -0.1) is 0 Å². The highest BCUT2D eigenvalue weighted by Crippen LogP contribution is 2.31. The van der Waals surface area contributed by atoms with Crippen LogP contribution >= 0.6 is 0 Å². The topological polar surface area (TPSA) is 13.1 Å². The molecule has 1 aromatic heterocycles. The van der Waals surface area contributed by atoms with Gasteiger partial charge < -0.3 is 4.42 Å². The van der Waals surface area contributed by atoms with E-state index >= 15 is 0 Å². The lowest BCUT2D eigenvalue weighted by molar-refractivity contribution is 0.556. The molecule has 0 bridgehead atoms. The van der Waals surface area contributed by atoms with E-state index in [9.17, 15) is 0 Å². The van der Waals surface area contributed by atoms with Crippen LogP contribution in [0.15, 0.2) is 59.5 Å². The summed E-state index contributed by atoms with van der Waals surface area (Å²) in [5.41, 5.74) is 4.45. The fourth-order valence-corrected chi connectivity index (χ4v) is 2.46. The van der Waals surface area contributed by atoms with Crippen molar-refractivity contribution in [2.75, 3.05) is 0 Å². The SMILES string of the molecule is C=Cc1c(CC)oc2cc(-c3ccccc3)ccc12. The van der Waals surface area contributed by atoms with E-state index < -0.39 is 0 Å². The van der Waals surface area contributed by atoms with Crippen molar-refractivity contribution in [1.82, 2.24) is 0 Å². The Morgan fingerprint density at radius 2 is 1.84 bits per heavy atom. The second-order valence-corrected chi connectivity index (χ2v) is 4.57. The van der Waals surface area contributed by atoms with Crippen LogP contribution in [0.5, 0.6) is 0 Å².